The van der Waals surface area contributed by atoms with E-state index in [1.807, 2.05) is 18.2 Å². The summed E-state index contributed by atoms with van der Waals surface area (Å²) in [7, 11) is 0. The van der Waals surface area contributed by atoms with Gasteiger partial charge in [0.2, 0.25) is 0 Å². The van der Waals surface area contributed by atoms with Gasteiger partial charge in [0.05, 0.1) is 0 Å². The van der Waals surface area contributed by atoms with E-state index in [2.05, 4.69) is 22.8 Å². The molecule has 2 atom stereocenters. The molecule has 0 aliphatic carbocycles. The Hall–Kier alpha value is -1.19. The minimum absolute atomic E-state index is 0.163. The zero-order valence-corrected chi connectivity index (χ0v) is 7.94. The van der Waals surface area contributed by atoms with Crippen LogP contribution < -0.4 is 10.6 Å². The summed E-state index contributed by atoms with van der Waals surface area (Å²) < 4.78 is 0. The van der Waals surface area contributed by atoms with E-state index in [0.29, 0.717) is 6.04 Å². The van der Waals surface area contributed by atoms with Gasteiger partial charge in [-0.3, -0.25) is 10.6 Å². The van der Waals surface area contributed by atoms with Crippen LogP contribution in [-0.4, -0.2) is 25.0 Å². The van der Waals surface area contributed by atoms with Gasteiger partial charge in [-0.05, 0) is 12.0 Å². The molecule has 2 N–H and O–H groups in total. The average molecular weight is 190 g/mol. The smallest absolute Gasteiger partial charge is 0.151 e. The molecule has 2 rings (SSSR count). The molecule has 3 heteroatoms. The second kappa shape index (κ2) is 4.35. The number of hydrogen-bond donors (Lipinski definition) is 2. The molecule has 1 heterocycles. The Balaban J connectivity index is 1.90. The molecule has 1 fully saturated rings. The van der Waals surface area contributed by atoms with E-state index in [1.165, 1.54) is 5.56 Å². The van der Waals surface area contributed by atoms with Crippen LogP contribution in [0.5, 0.6) is 0 Å². The number of benzene rings is 1. The minimum atomic E-state index is -0.163. The van der Waals surface area contributed by atoms with Crippen LogP contribution in [0.2, 0.25) is 0 Å². The summed E-state index contributed by atoms with van der Waals surface area (Å²) in [5, 5.41) is 6.31. The number of aldehydes is 1. The van der Waals surface area contributed by atoms with Gasteiger partial charge >= 0.3 is 0 Å². The van der Waals surface area contributed by atoms with Crippen LogP contribution in [0.15, 0.2) is 30.3 Å². The first-order valence-corrected chi connectivity index (χ1v) is 4.87. The van der Waals surface area contributed by atoms with Gasteiger partial charge in [-0.25, -0.2) is 0 Å². The van der Waals surface area contributed by atoms with Crippen molar-refractivity contribution < 1.29 is 4.79 Å². The van der Waals surface area contributed by atoms with Crippen molar-refractivity contribution in [2.45, 2.75) is 18.6 Å². The first kappa shape index (κ1) is 9.37. The minimum Gasteiger partial charge on any atom is -0.300 e. The lowest BCUT2D eigenvalue weighted by atomic mass is 10.1. The van der Waals surface area contributed by atoms with Gasteiger partial charge in [-0.1, -0.05) is 30.3 Å². The largest absolute Gasteiger partial charge is 0.300 e. The van der Waals surface area contributed by atoms with Gasteiger partial charge in [-0.15, -0.1) is 0 Å². The fourth-order valence-electron chi connectivity index (χ4n) is 1.76. The molecule has 1 unspecified atom stereocenters. The molecular weight excluding hydrogens is 176 g/mol. The molecular formula is C11H14N2O. The number of carbonyl (C=O) groups is 1. The van der Waals surface area contributed by atoms with Crippen LogP contribution in [0.4, 0.5) is 0 Å². The topological polar surface area (TPSA) is 41.1 Å². The predicted molar refractivity (Wildman–Crippen MR) is 54.9 cm³/mol. The first-order valence-electron chi connectivity index (χ1n) is 4.87. The zero-order valence-electron chi connectivity index (χ0n) is 7.94. The maximum absolute atomic E-state index is 10.5. The van der Waals surface area contributed by atoms with Crippen molar-refractivity contribution in [3.63, 3.8) is 0 Å². The molecule has 0 saturated carbocycles. The fourth-order valence-corrected chi connectivity index (χ4v) is 1.76. The van der Waals surface area contributed by atoms with E-state index in [4.69, 9.17) is 0 Å². The summed E-state index contributed by atoms with van der Waals surface area (Å²) in [6, 6.07) is 10.7. The molecule has 0 bridgehead atoms. The third-order valence-electron chi connectivity index (χ3n) is 2.46. The molecule has 0 aromatic heterocycles. The van der Waals surface area contributed by atoms with Crippen molar-refractivity contribution in [2.24, 2.45) is 0 Å². The highest BCUT2D eigenvalue weighted by Gasteiger charge is 2.21. The van der Waals surface area contributed by atoms with Crippen LogP contribution in [0, 0.1) is 0 Å². The quantitative estimate of drug-likeness (QED) is 0.674. The molecule has 74 valence electrons. The number of carbonyl (C=O) groups excluding carboxylic acids is 1. The highest BCUT2D eigenvalue weighted by Crippen LogP contribution is 2.05. The van der Waals surface area contributed by atoms with E-state index in [-0.39, 0.29) is 6.17 Å². The maximum atomic E-state index is 10.5. The maximum Gasteiger partial charge on any atom is 0.151 e. The Morgan fingerprint density at radius 1 is 1.36 bits per heavy atom. The predicted octanol–water partition coefficient (Wildman–Crippen LogP) is 0.315. The normalized spacial score (nSPS) is 26.3. The Kier molecular flexibility index (Phi) is 2.91. The van der Waals surface area contributed by atoms with Crippen molar-refractivity contribution in [1.82, 2.24) is 10.6 Å². The third kappa shape index (κ3) is 2.19. The highest BCUT2D eigenvalue weighted by molar-refractivity contribution is 5.57. The van der Waals surface area contributed by atoms with E-state index < -0.39 is 0 Å². The highest BCUT2D eigenvalue weighted by atomic mass is 16.1. The van der Waals surface area contributed by atoms with Gasteiger partial charge in [0.25, 0.3) is 0 Å². The van der Waals surface area contributed by atoms with Crippen LogP contribution >= 0.6 is 0 Å². The lowest BCUT2D eigenvalue weighted by Crippen LogP contribution is -2.35. The van der Waals surface area contributed by atoms with Crippen molar-refractivity contribution >= 4 is 6.29 Å². The van der Waals surface area contributed by atoms with Crippen molar-refractivity contribution in [1.29, 1.82) is 0 Å². The van der Waals surface area contributed by atoms with Crippen molar-refractivity contribution in [3.05, 3.63) is 35.9 Å². The number of rotatable bonds is 3. The summed E-state index contributed by atoms with van der Waals surface area (Å²) in [5.41, 5.74) is 1.30. The summed E-state index contributed by atoms with van der Waals surface area (Å²) >= 11 is 0. The molecule has 0 radical (unpaired) electrons. The Bertz CT molecular complexity index is 299. The van der Waals surface area contributed by atoms with Gasteiger partial charge < -0.3 is 4.79 Å². The summed E-state index contributed by atoms with van der Waals surface area (Å²) in [6.45, 7) is 0.859. The van der Waals surface area contributed by atoms with Crippen molar-refractivity contribution in [3.8, 4) is 0 Å². The number of hydrogen-bond acceptors (Lipinski definition) is 3. The molecule has 1 aromatic carbocycles. The van der Waals surface area contributed by atoms with Gasteiger partial charge in [0.15, 0.2) is 6.29 Å². The van der Waals surface area contributed by atoms with Crippen LogP contribution in [0.25, 0.3) is 0 Å². The third-order valence-corrected chi connectivity index (χ3v) is 2.46. The zero-order chi connectivity index (χ0) is 9.80. The van der Waals surface area contributed by atoms with E-state index in [0.717, 1.165) is 19.3 Å². The molecule has 0 spiro atoms. The number of nitrogens with one attached hydrogen (secondary N) is 2. The lowest BCUT2D eigenvalue weighted by Gasteiger charge is -2.09. The Labute approximate surface area is 83.5 Å². The summed E-state index contributed by atoms with van der Waals surface area (Å²) in [6.07, 6.45) is 1.71. The molecule has 1 aliphatic heterocycles. The molecule has 1 aromatic rings. The van der Waals surface area contributed by atoms with Crippen LogP contribution in [0.1, 0.15) is 5.56 Å². The molecule has 3 nitrogen and oxygen atoms in total. The Morgan fingerprint density at radius 3 is 2.79 bits per heavy atom. The standard InChI is InChI=1S/C11H14N2O/c14-8-11-12-7-10(13-11)6-9-4-2-1-3-5-9/h1-5,8,10-13H,6-7H2/t10-,11?/m1/s1. The first-order chi connectivity index (χ1) is 6.88. The average Bonchev–Trinajstić information content (AvgIpc) is 2.67. The monoisotopic (exact) mass is 190 g/mol. The van der Waals surface area contributed by atoms with Gasteiger partial charge in [-0.2, -0.15) is 0 Å². The molecule has 0 amide bonds. The summed E-state index contributed by atoms with van der Waals surface area (Å²) in [4.78, 5) is 10.5. The lowest BCUT2D eigenvalue weighted by molar-refractivity contribution is -0.109. The Morgan fingerprint density at radius 2 is 2.14 bits per heavy atom. The van der Waals surface area contributed by atoms with Crippen molar-refractivity contribution in [2.75, 3.05) is 6.54 Å². The second-order valence-electron chi connectivity index (χ2n) is 3.58. The van der Waals surface area contributed by atoms with Gasteiger partial charge in [0, 0.05) is 12.6 Å². The summed E-state index contributed by atoms with van der Waals surface area (Å²) in [5.74, 6) is 0. The molecule has 1 saturated heterocycles. The SMILES string of the molecule is O=CC1NC[C@@H](Cc2ccccc2)N1. The molecule has 14 heavy (non-hydrogen) atoms. The van der Waals surface area contributed by atoms with E-state index in [1.54, 1.807) is 0 Å². The fraction of sp³-hybridized carbons (Fsp3) is 0.364. The van der Waals surface area contributed by atoms with Gasteiger partial charge in [0.1, 0.15) is 6.17 Å². The van der Waals surface area contributed by atoms with Crippen LogP contribution in [0.3, 0.4) is 0 Å². The van der Waals surface area contributed by atoms with E-state index in [9.17, 15) is 4.79 Å². The van der Waals surface area contributed by atoms with Crippen LogP contribution in [-0.2, 0) is 11.2 Å². The van der Waals surface area contributed by atoms with E-state index >= 15 is 0 Å². The molecule has 1 aliphatic rings. The second-order valence-corrected chi connectivity index (χ2v) is 3.58.